The van der Waals surface area contributed by atoms with E-state index in [4.69, 9.17) is 5.26 Å². The van der Waals surface area contributed by atoms with Crippen molar-refractivity contribution in [1.82, 2.24) is 9.80 Å². The first-order chi connectivity index (χ1) is 18.2. The average molecular weight is 547 g/mol. The quantitative estimate of drug-likeness (QED) is 0.310. The second-order valence-electron chi connectivity index (χ2n) is 11.5. The van der Waals surface area contributed by atoms with E-state index in [2.05, 4.69) is 25.7 Å². The first kappa shape index (κ1) is 30.4. The number of hydrogen-bond donors (Lipinski definition) is 0. The van der Waals surface area contributed by atoms with Crippen LogP contribution in [0.25, 0.3) is 0 Å². The first-order valence-electron chi connectivity index (χ1n) is 13.4. The van der Waals surface area contributed by atoms with Crippen molar-refractivity contribution >= 4 is 23.4 Å². The van der Waals surface area contributed by atoms with Gasteiger partial charge >= 0.3 is 6.18 Å². The summed E-state index contributed by atoms with van der Waals surface area (Å²) in [4.78, 5) is 43.2. The van der Waals surface area contributed by atoms with Gasteiger partial charge < -0.3 is 4.90 Å². The molecule has 1 aromatic carbocycles. The van der Waals surface area contributed by atoms with Crippen LogP contribution in [0.1, 0.15) is 77.3 Å². The van der Waals surface area contributed by atoms with Gasteiger partial charge in [-0.25, -0.2) is 4.90 Å². The van der Waals surface area contributed by atoms with Crippen molar-refractivity contribution in [2.75, 3.05) is 37.6 Å². The summed E-state index contributed by atoms with van der Waals surface area (Å²) in [5.74, 6) is -1.02. The van der Waals surface area contributed by atoms with Crippen molar-refractivity contribution < 1.29 is 27.6 Å². The van der Waals surface area contributed by atoms with Gasteiger partial charge in [0, 0.05) is 43.7 Å². The van der Waals surface area contributed by atoms with Crippen LogP contribution in [-0.2, 0) is 20.6 Å². The molecule has 2 aliphatic heterocycles. The normalized spacial score (nSPS) is 17.3. The van der Waals surface area contributed by atoms with E-state index in [0.29, 0.717) is 30.9 Å². The highest BCUT2D eigenvalue weighted by Crippen LogP contribution is 2.37. The van der Waals surface area contributed by atoms with Crippen LogP contribution in [-0.4, -0.2) is 60.2 Å². The van der Waals surface area contributed by atoms with Crippen molar-refractivity contribution in [3.63, 3.8) is 0 Å². The molecule has 39 heavy (non-hydrogen) atoms. The Labute approximate surface area is 228 Å². The highest BCUT2D eigenvalue weighted by molar-refractivity contribution is 6.32. The molecule has 0 unspecified atom stereocenters. The molecule has 10 heteroatoms. The van der Waals surface area contributed by atoms with Gasteiger partial charge in [0.2, 0.25) is 5.91 Å². The van der Waals surface area contributed by atoms with Crippen LogP contribution in [0.3, 0.4) is 0 Å². The highest BCUT2D eigenvalue weighted by Gasteiger charge is 2.39. The monoisotopic (exact) mass is 546 g/mol. The van der Waals surface area contributed by atoms with Crippen LogP contribution in [0.5, 0.6) is 0 Å². The number of piperazine rings is 1. The van der Waals surface area contributed by atoms with E-state index >= 15 is 0 Å². The predicted octanol–water partition coefficient (Wildman–Crippen LogP) is 5.30. The Balaban J connectivity index is 1.44. The standard InChI is InChI=1S/C29H37F3N4O3/c1-20-23(27(39)36(26(20)38)22-11-10-21(19-33)24(17-22)29(30,31)32)9-7-5-6-8-12-34-13-15-35(16-14-34)25(37)18-28(2,3)4/h10-11,17H,5-9,12-16,18H2,1-4H3. The molecule has 7 nitrogen and oxygen atoms in total. The number of alkyl halides is 3. The van der Waals surface area contributed by atoms with Gasteiger partial charge in [-0.15, -0.1) is 0 Å². The van der Waals surface area contributed by atoms with Crippen molar-refractivity contribution in [3.05, 3.63) is 40.5 Å². The summed E-state index contributed by atoms with van der Waals surface area (Å²) in [5.41, 5.74) is -1.37. The molecule has 2 heterocycles. The summed E-state index contributed by atoms with van der Waals surface area (Å²) >= 11 is 0. The van der Waals surface area contributed by atoms with Crippen molar-refractivity contribution in [2.45, 2.75) is 72.4 Å². The Kier molecular flexibility index (Phi) is 9.60. The molecule has 0 bridgehead atoms. The Morgan fingerprint density at radius 1 is 0.974 bits per heavy atom. The SMILES string of the molecule is CC1=C(CCCCCCN2CCN(C(=O)CC(C)(C)C)CC2)C(=O)N(c2ccc(C#N)c(C(F)(F)F)c2)C1=O. The number of carbonyl (C=O) groups excluding carboxylic acids is 3. The van der Waals surface area contributed by atoms with Crippen molar-refractivity contribution in [3.8, 4) is 6.07 Å². The van der Waals surface area contributed by atoms with E-state index in [1.54, 1.807) is 0 Å². The van der Waals surface area contributed by atoms with Crippen LogP contribution in [0.2, 0.25) is 0 Å². The maximum absolute atomic E-state index is 13.4. The Morgan fingerprint density at radius 2 is 1.62 bits per heavy atom. The van der Waals surface area contributed by atoms with Gasteiger partial charge in [0.25, 0.3) is 11.8 Å². The van der Waals surface area contributed by atoms with Crippen LogP contribution in [0.15, 0.2) is 29.3 Å². The van der Waals surface area contributed by atoms with E-state index in [1.165, 1.54) is 19.1 Å². The lowest BCUT2D eigenvalue weighted by atomic mass is 9.91. The zero-order valence-electron chi connectivity index (χ0n) is 23.2. The number of unbranched alkanes of at least 4 members (excludes halogenated alkanes) is 3. The number of benzene rings is 1. The molecule has 3 rings (SSSR count). The molecule has 0 aliphatic carbocycles. The van der Waals surface area contributed by atoms with Crippen LogP contribution in [0, 0.1) is 16.7 Å². The summed E-state index contributed by atoms with van der Waals surface area (Å²) in [6, 6.07) is 4.36. The zero-order chi connectivity index (χ0) is 29.0. The van der Waals surface area contributed by atoms with Crippen LogP contribution >= 0.6 is 0 Å². The lowest BCUT2D eigenvalue weighted by Gasteiger charge is -2.36. The largest absolute Gasteiger partial charge is 0.417 e. The van der Waals surface area contributed by atoms with E-state index in [0.717, 1.165) is 63.0 Å². The predicted molar refractivity (Wildman–Crippen MR) is 142 cm³/mol. The van der Waals surface area contributed by atoms with Gasteiger partial charge in [-0.1, -0.05) is 33.6 Å². The minimum atomic E-state index is -4.78. The van der Waals surface area contributed by atoms with Crippen molar-refractivity contribution in [2.24, 2.45) is 5.41 Å². The molecule has 1 fully saturated rings. The fraction of sp³-hybridized carbons (Fsp3) is 0.586. The number of anilines is 1. The number of halogens is 3. The van der Waals surface area contributed by atoms with Crippen LogP contribution in [0.4, 0.5) is 18.9 Å². The zero-order valence-corrected chi connectivity index (χ0v) is 23.2. The minimum absolute atomic E-state index is 0.0161. The van der Waals surface area contributed by atoms with Gasteiger partial charge in [-0.3, -0.25) is 19.3 Å². The van der Waals surface area contributed by atoms with E-state index in [1.807, 2.05) is 4.90 Å². The summed E-state index contributed by atoms with van der Waals surface area (Å²) in [7, 11) is 0. The van der Waals surface area contributed by atoms with E-state index in [9.17, 15) is 27.6 Å². The lowest BCUT2D eigenvalue weighted by Crippen LogP contribution is -2.49. The summed E-state index contributed by atoms with van der Waals surface area (Å²) in [5, 5.41) is 9.00. The number of hydrogen-bond acceptors (Lipinski definition) is 5. The van der Waals surface area contributed by atoms with Crippen molar-refractivity contribution in [1.29, 1.82) is 5.26 Å². The molecule has 1 aromatic rings. The Morgan fingerprint density at radius 3 is 2.21 bits per heavy atom. The molecule has 0 spiro atoms. The number of carbonyl (C=O) groups is 3. The van der Waals surface area contributed by atoms with E-state index in [-0.39, 0.29) is 22.6 Å². The third-order valence-electron chi connectivity index (χ3n) is 7.18. The minimum Gasteiger partial charge on any atom is -0.340 e. The second-order valence-corrected chi connectivity index (χ2v) is 11.5. The third kappa shape index (κ3) is 7.69. The molecular weight excluding hydrogens is 509 g/mol. The van der Waals surface area contributed by atoms with Gasteiger partial charge in [0.1, 0.15) is 0 Å². The van der Waals surface area contributed by atoms with Gasteiger partial charge in [-0.2, -0.15) is 18.4 Å². The molecule has 2 aliphatic rings. The molecule has 0 N–H and O–H groups in total. The number of nitrogens with zero attached hydrogens (tertiary/aromatic N) is 4. The molecule has 212 valence electrons. The molecule has 0 aromatic heterocycles. The molecular formula is C29H37F3N4O3. The molecule has 0 atom stereocenters. The fourth-order valence-corrected chi connectivity index (χ4v) is 4.99. The number of nitriles is 1. The van der Waals surface area contributed by atoms with Gasteiger partial charge in [-0.05, 0) is 56.3 Å². The topological polar surface area (TPSA) is 84.7 Å². The molecule has 0 saturated carbocycles. The number of rotatable bonds is 9. The van der Waals surface area contributed by atoms with Gasteiger partial charge in [0.05, 0.1) is 22.9 Å². The second kappa shape index (κ2) is 12.3. The number of imide groups is 1. The summed E-state index contributed by atoms with van der Waals surface area (Å²) in [6.07, 6.45) is -0.367. The molecule has 3 amide bonds. The average Bonchev–Trinajstić information content (AvgIpc) is 3.07. The highest BCUT2D eigenvalue weighted by atomic mass is 19.4. The third-order valence-corrected chi connectivity index (χ3v) is 7.18. The summed E-state index contributed by atoms with van der Waals surface area (Å²) in [6.45, 7) is 11.9. The first-order valence-corrected chi connectivity index (χ1v) is 13.4. The van der Waals surface area contributed by atoms with Gasteiger partial charge in [0.15, 0.2) is 0 Å². The lowest BCUT2D eigenvalue weighted by molar-refractivity contribution is -0.138. The van der Waals surface area contributed by atoms with E-state index < -0.39 is 29.1 Å². The van der Waals surface area contributed by atoms with Crippen LogP contribution < -0.4 is 4.90 Å². The maximum Gasteiger partial charge on any atom is 0.417 e. The summed E-state index contributed by atoms with van der Waals surface area (Å²) < 4.78 is 40.1. The Hall–Kier alpha value is -3.19. The smallest absolute Gasteiger partial charge is 0.340 e. The number of amides is 3. The molecule has 1 saturated heterocycles. The Bertz CT molecular complexity index is 1170. The fourth-order valence-electron chi connectivity index (χ4n) is 4.99. The maximum atomic E-state index is 13.4. The molecule has 0 radical (unpaired) electrons.